The molecule has 0 amide bonds. The summed E-state index contributed by atoms with van der Waals surface area (Å²) in [5.74, 6) is -3.86. The van der Waals surface area contributed by atoms with Gasteiger partial charge in [-0.15, -0.1) is 0 Å². The molecule has 7 heteroatoms. The number of carbonyl (C=O) groups is 3. The van der Waals surface area contributed by atoms with Crippen molar-refractivity contribution in [2.24, 2.45) is 5.92 Å². The molecule has 0 unspecified atom stereocenters. The number of aromatic hydroxyl groups is 1. The lowest BCUT2D eigenvalue weighted by Gasteiger charge is -2.20. The van der Waals surface area contributed by atoms with Gasteiger partial charge in [-0.25, -0.2) is 9.59 Å². The predicted molar refractivity (Wildman–Crippen MR) is 98.6 cm³/mol. The third-order valence-electron chi connectivity index (χ3n) is 3.58. The van der Waals surface area contributed by atoms with Crippen LogP contribution in [-0.2, 0) is 19.1 Å². The summed E-state index contributed by atoms with van der Waals surface area (Å²) in [5, 5.41) is 10.1. The van der Waals surface area contributed by atoms with Gasteiger partial charge in [0.25, 0.3) is 0 Å². The maximum atomic E-state index is 13.1. The van der Waals surface area contributed by atoms with Crippen LogP contribution in [0.25, 0.3) is 0 Å². The molecule has 0 aromatic heterocycles. The number of hydrogen-bond donors (Lipinski definition) is 1. The molecular formula is C20H24O7. The van der Waals surface area contributed by atoms with Crippen LogP contribution in [0.2, 0.25) is 0 Å². The van der Waals surface area contributed by atoms with E-state index in [1.54, 1.807) is 20.8 Å². The highest BCUT2D eigenvalue weighted by Gasteiger charge is 2.35. The minimum Gasteiger partial charge on any atom is -0.507 e. The number of phenolic OH excluding ortho intramolecular Hbond substituents is 1. The van der Waals surface area contributed by atoms with Crippen LogP contribution < -0.4 is 4.74 Å². The molecule has 146 valence electrons. The van der Waals surface area contributed by atoms with Crippen molar-refractivity contribution in [3.8, 4) is 11.5 Å². The molecule has 0 saturated heterocycles. The predicted octanol–water partition coefficient (Wildman–Crippen LogP) is 2.83. The first kappa shape index (κ1) is 22.0. The van der Waals surface area contributed by atoms with E-state index in [1.165, 1.54) is 18.2 Å². The highest BCUT2D eigenvalue weighted by atomic mass is 16.5. The molecule has 1 aromatic carbocycles. The molecule has 0 radical (unpaired) electrons. The molecule has 1 rings (SSSR count). The second-order valence-corrected chi connectivity index (χ2v) is 5.40. The van der Waals surface area contributed by atoms with E-state index in [1.807, 2.05) is 0 Å². The van der Waals surface area contributed by atoms with E-state index in [2.05, 4.69) is 13.2 Å². The first-order chi connectivity index (χ1) is 12.8. The minimum atomic E-state index is -1.44. The normalized spacial score (nSPS) is 10.2. The Morgan fingerprint density at radius 3 is 1.93 bits per heavy atom. The third-order valence-corrected chi connectivity index (χ3v) is 3.58. The minimum absolute atomic E-state index is 0.0652. The molecule has 1 aromatic rings. The molecule has 0 saturated carbocycles. The fraction of sp³-hybridized carbons (Fsp3) is 0.350. The molecule has 0 heterocycles. The van der Waals surface area contributed by atoms with Gasteiger partial charge in [-0.3, -0.25) is 4.79 Å². The summed E-state index contributed by atoms with van der Waals surface area (Å²) in [6, 6.07) is 4.10. The maximum absolute atomic E-state index is 13.1. The zero-order chi connectivity index (χ0) is 20.6. The summed E-state index contributed by atoms with van der Waals surface area (Å²) in [6.45, 7) is 12.6. The SMILES string of the molecule is C=C(C(=O)OCC)C(C(=C)C(=O)OCC)C(=O)c1cc(OCC)ccc1O. The summed E-state index contributed by atoms with van der Waals surface area (Å²) < 4.78 is 15.1. The zero-order valence-corrected chi connectivity index (χ0v) is 15.7. The number of hydrogen-bond acceptors (Lipinski definition) is 7. The van der Waals surface area contributed by atoms with Crippen LogP contribution in [0, 0.1) is 5.92 Å². The van der Waals surface area contributed by atoms with Gasteiger partial charge in [-0.05, 0) is 39.0 Å². The average Bonchev–Trinajstić information content (AvgIpc) is 2.63. The monoisotopic (exact) mass is 376 g/mol. The van der Waals surface area contributed by atoms with Gasteiger partial charge in [0.05, 0.1) is 31.3 Å². The fourth-order valence-corrected chi connectivity index (χ4v) is 2.33. The third kappa shape index (κ3) is 5.44. The van der Waals surface area contributed by atoms with E-state index in [4.69, 9.17) is 14.2 Å². The smallest absolute Gasteiger partial charge is 0.334 e. The lowest BCUT2D eigenvalue weighted by molar-refractivity contribution is -0.139. The van der Waals surface area contributed by atoms with E-state index in [9.17, 15) is 19.5 Å². The van der Waals surface area contributed by atoms with E-state index in [0.717, 1.165) is 0 Å². The second kappa shape index (κ2) is 10.2. The number of ether oxygens (including phenoxy) is 3. The Labute approximate surface area is 158 Å². The lowest BCUT2D eigenvalue weighted by Crippen LogP contribution is -2.28. The zero-order valence-electron chi connectivity index (χ0n) is 15.7. The first-order valence-corrected chi connectivity index (χ1v) is 8.50. The molecule has 1 N–H and O–H groups in total. The number of rotatable bonds is 10. The Kier molecular flexibility index (Phi) is 8.26. The Morgan fingerprint density at radius 1 is 0.963 bits per heavy atom. The molecule has 0 atom stereocenters. The number of phenols is 1. The van der Waals surface area contributed by atoms with Crippen LogP contribution in [0.15, 0.2) is 42.5 Å². The topological polar surface area (TPSA) is 99.1 Å². The number of carbonyl (C=O) groups excluding carboxylic acids is 3. The first-order valence-electron chi connectivity index (χ1n) is 8.50. The van der Waals surface area contributed by atoms with Crippen molar-refractivity contribution >= 4 is 17.7 Å². The second-order valence-electron chi connectivity index (χ2n) is 5.40. The van der Waals surface area contributed by atoms with Crippen LogP contribution in [0.4, 0.5) is 0 Å². The molecule has 0 spiro atoms. The van der Waals surface area contributed by atoms with Gasteiger partial charge >= 0.3 is 11.9 Å². The summed E-state index contributed by atoms with van der Waals surface area (Å²) in [4.78, 5) is 37.3. The summed E-state index contributed by atoms with van der Waals surface area (Å²) in [5.41, 5.74) is -0.691. The highest BCUT2D eigenvalue weighted by Crippen LogP contribution is 2.31. The Bertz CT molecular complexity index is 719. The van der Waals surface area contributed by atoms with Crippen LogP contribution in [-0.4, -0.2) is 42.6 Å². The molecule has 0 aliphatic carbocycles. The van der Waals surface area contributed by atoms with Gasteiger partial charge in [0.2, 0.25) is 0 Å². The molecule has 0 aliphatic rings. The van der Waals surface area contributed by atoms with Crippen molar-refractivity contribution in [1.29, 1.82) is 0 Å². The largest absolute Gasteiger partial charge is 0.507 e. The van der Waals surface area contributed by atoms with Crippen molar-refractivity contribution in [2.75, 3.05) is 19.8 Å². The lowest BCUT2D eigenvalue weighted by atomic mass is 9.85. The van der Waals surface area contributed by atoms with Crippen molar-refractivity contribution in [1.82, 2.24) is 0 Å². The van der Waals surface area contributed by atoms with Crippen molar-refractivity contribution in [3.63, 3.8) is 0 Å². The number of ketones is 1. The van der Waals surface area contributed by atoms with Gasteiger partial charge < -0.3 is 19.3 Å². The Morgan fingerprint density at radius 2 is 1.48 bits per heavy atom. The van der Waals surface area contributed by atoms with Crippen molar-refractivity contribution < 1.29 is 33.7 Å². The summed E-state index contributed by atoms with van der Waals surface area (Å²) in [7, 11) is 0. The van der Waals surface area contributed by atoms with E-state index >= 15 is 0 Å². The van der Waals surface area contributed by atoms with Gasteiger partial charge in [0.15, 0.2) is 5.78 Å². The molecule has 0 aliphatic heterocycles. The van der Waals surface area contributed by atoms with E-state index in [0.29, 0.717) is 12.4 Å². The number of Topliss-reactive ketones (excluding diaryl/α,β-unsaturated/α-hetero) is 1. The Hall–Kier alpha value is -3.09. The summed E-state index contributed by atoms with van der Waals surface area (Å²) >= 11 is 0. The van der Waals surface area contributed by atoms with Gasteiger partial charge in [-0.1, -0.05) is 13.2 Å². The van der Waals surface area contributed by atoms with Gasteiger partial charge in [0.1, 0.15) is 11.5 Å². The number of benzene rings is 1. The number of esters is 2. The van der Waals surface area contributed by atoms with Gasteiger partial charge in [0, 0.05) is 11.1 Å². The molecule has 0 fully saturated rings. The van der Waals surface area contributed by atoms with Crippen LogP contribution in [0.5, 0.6) is 11.5 Å². The molecular weight excluding hydrogens is 352 g/mol. The van der Waals surface area contributed by atoms with Crippen LogP contribution in [0.3, 0.4) is 0 Å². The standard InChI is InChI=1S/C20H24O7/c1-6-25-14-9-10-16(21)15(11-14)18(22)17(12(4)19(23)26-7-2)13(5)20(24)27-8-3/h9-11,17,21H,4-8H2,1-3H3. The quantitative estimate of drug-likeness (QED) is 0.381. The summed E-state index contributed by atoms with van der Waals surface area (Å²) in [6.07, 6.45) is 0. The van der Waals surface area contributed by atoms with Gasteiger partial charge in [-0.2, -0.15) is 0 Å². The molecule has 7 nitrogen and oxygen atoms in total. The van der Waals surface area contributed by atoms with Crippen molar-refractivity contribution in [2.45, 2.75) is 20.8 Å². The van der Waals surface area contributed by atoms with Crippen molar-refractivity contribution in [3.05, 3.63) is 48.1 Å². The highest BCUT2D eigenvalue weighted by molar-refractivity contribution is 6.12. The van der Waals surface area contributed by atoms with Crippen LogP contribution in [0.1, 0.15) is 31.1 Å². The van der Waals surface area contributed by atoms with E-state index in [-0.39, 0.29) is 35.7 Å². The Balaban J connectivity index is 3.37. The molecule has 0 bridgehead atoms. The molecule has 27 heavy (non-hydrogen) atoms. The average molecular weight is 376 g/mol. The van der Waals surface area contributed by atoms with E-state index < -0.39 is 23.6 Å². The maximum Gasteiger partial charge on any atom is 0.334 e. The fourth-order valence-electron chi connectivity index (χ4n) is 2.33. The van der Waals surface area contributed by atoms with Crippen LogP contribution >= 0.6 is 0 Å².